The second-order valence-corrected chi connectivity index (χ2v) is 16.9. The van der Waals surface area contributed by atoms with Crippen molar-refractivity contribution in [3.05, 3.63) is 198 Å². The third kappa shape index (κ3) is 5.46. The summed E-state index contributed by atoms with van der Waals surface area (Å²) >= 11 is 4.81. The van der Waals surface area contributed by atoms with Gasteiger partial charge in [0, 0.05) is 27.0 Å². The molecule has 0 saturated carbocycles. The van der Waals surface area contributed by atoms with Gasteiger partial charge in [-0.05, 0) is 120 Å². The van der Waals surface area contributed by atoms with Gasteiger partial charge < -0.3 is 5.32 Å². The zero-order valence-electron chi connectivity index (χ0n) is 32.2. The van der Waals surface area contributed by atoms with Crippen molar-refractivity contribution >= 4 is 24.0 Å². The monoisotopic (exact) mass is 737 g/mol. The van der Waals surface area contributed by atoms with E-state index in [1.165, 1.54) is 66.8 Å². The zero-order chi connectivity index (χ0) is 38.2. The Kier molecular flexibility index (Phi) is 7.99. The Morgan fingerprint density at radius 2 is 0.875 bits per heavy atom. The molecule has 0 atom stereocenters. The van der Waals surface area contributed by atoms with Crippen molar-refractivity contribution in [3.63, 3.8) is 0 Å². The zero-order valence-corrected chi connectivity index (χ0v) is 33.1. The third-order valence-electron chi connectivity index (χ3n) is 12.3. The number of benzene rings is 8. The summed E-state index contributed by atoms with van der Waals surface area (Å²) in [5.41, 5.74) is 22.0. The molecule has 0 fully saturated rings. The molecule has 1 nitrogen and oxygen atoms in total. The van der Waals surface area contributed by atoms with Crippen molar-refractivity contribution in [1.29, 1.82) is 0 Å². The Bertz CT molecular complexity index is 2840. The summed E-state index contributed by atoms with van der Waals surface area (Å²) in [6, 6.07) is 64.5. The molecule has 2 heteroatoms. The van der Waals surface area contributed by atoms with Crippen LogP contribution in [0.2, 0.25) is 0 Å². The molecule has 0 amide bonds. The van der Waals surface area contributed by atoms with E-state index in [9.17, 15) is 0 Å². The van der Waals surface area contributed by atoms with Crippen LogP contribution in [0.3, 0.4) is 0 Å². The molecule has 8 aromatic carbocycles. The minimum atomic E-state index is -0.217. The molecule has 0 bridgehead atoms. The predicted molar refractivity (Wildman–Crippen MR) is 240 cm³/mol. The molecule has 10 rings (SSSR count). The summed E-state index contributed by atoms with van der Waals surface area (Å²) in [5, 5.41) is 4.13. The normalized spacial score (nSPS) is 14.1. The largest absolute Gasteiger partial charge is 0.355 e. The molecule has 8 aromatic rings. The van der Waals surface area contributed by atoms with Crippen LogP contribution in [0.25, 0.3) is 66.8 Å². The average Bonchev–Trinajstić information content (AvgIpc) is 3.61. The topological polar surface area (TPSA) is 12.0 Å². The molecular weight excluding hydrogens is 695 g/mol. The van der Waals surface area contributed by atoms with E-state index in [0.717, 1.165) is 38.5 Å². The standard InChI is InChI=1S/C54H43NS/c1-53(2)47-22-11-8-20-43(47)45-26-25-37(33-49(45)53)42-27-28-46-44-21-9-12-23-48(44)54(3,4)51(46)52(42)55-40-31-38(34-15-6-5-7-16-34)30-39(32-40)35-17-14-18-36(29-35)41-19-10-13-24-50(41)56/h5-33,55-56H,1-4H3. The van der Waals surface area contributed by atoms with Crippen LogP contribution in [0.15, 0.2) is 181 Å². The van der Waals surface area contributed by atoms with Gasteiger partial charge in [0.15, 0.2) is 0 Å². The molecule has 0 unspecified atom stereocenters. The Morgan fingerprint density at radius 3 is 1.62 bits per heavy atom. The lowest BCUT2D eigenvalue weighted by atomic mass is 9.79. The number of nitrogens with one attached hydrogen (secondary N) is 1. The van der Waals surface area contributed by atoms with Crippen LogP contribution >= 0.6 is 12.6 Å². The van der Waals surface area contributed by atoms with Gasteiger partial charge in [-0.15, -0.1) is 12.6 Å². The van der Waals surface area contributed by atoms with Crippen molar-refractivity contribution in [2.24, 2.45) is 0 Å². The van der Waals surface area contributed by atoms with E-state index in [2.05, 4.69) is 203 Å². The highest BCUT2D eigenvalue weighted by atomic mass is 32.1. The van der Waals surface area contributed by atoms with E-state index in [0.29, 0.717) is 0 Å². The maximum Gasteiger partial charge on any atom is 0.0511 e. The fraction of sp³-hybridized carbons (Fsp3) is 0.111. The van der Waals surface area contributed by atoms with E-state index in [1.807, 2.05) is 6.07 Å². The van der Waals surface area contributed by atoms with Crippen molar-refractivity contribution in [3.8, 4) is 66.8 Å². The van der Waals surface area contributed by atoms with Crippen molar-refractivity contribution < 1.29 is 0 Å². The second-order valence-electron chi connectivity index (χ2n) is 16.4. The summed E-state index contributed by atoms with van der Waals surface area (Å²) < 4.78 is 0. The van der Waals surface area contributed by atoms with E-state index in [-0.39, 0.29) is 10.8 Å². The lowest BCUT2D eigenvalue weighted by molar-refractivity contribution is 0.660. The Labute approximate surface area is 336 Å². The predicted octanol–water partition coefficient (Wildman–Crippen LogP) is 15.0. The number of fused-ring (bicyclic) bond motifs is 6. The summed E-state index contributed by atoms with van der Waals surface area (Å²) in [6.07, 6.45) is 0. The molecule has 56 heavy (non-hydrogen) atoms. The third-order valence-corrected chi connectivity index (χ3v) is 12.7. The number of hydrogen-bond donors (Lipinski definition) is 2. The quantitative estimate of drug-likeness (QED) is 0.162. The van der Waals surface area contributed by atoms with Crippen molar-refractivity contribution in [1.82, 2.24) is 0 Å². The number of hydrogen-bond acceptors (Lipinski definition) is 2. The second kappa shape index (κ2) is 13.0. The first-order valence-electron chi connectivity index (χ1n) is 19.6. The summed E-state index contributed by atoms with van der Waals surface area (Å²) in [5.74, 6) is 0. The molecule has 0 heterocycles. The lowest BCUT2D eigenvalue weighted by Gasteiger charge is -2.28. The molecule has 2 aliphatic carbocycles. The van der Waals surface area contributed by atoms with Gasteiger partial charge in [-0.3, -0.25) is 0 Å². The molecule has 270 valence electrons. The smallest absolute Gasteiger partial charge is 0.0511 e. The number of rotatable bonds is 6. The molecule has 0 spiro atoms. The fourth-order valence-corrected chi connectivity index (χ4v) is 9.80. The SMILES string of the molecule is CC1(C)c2ccccc2-c2ccc(-c3ccc4c(c3Nc3cc(-c5ccccc5)cc(-c5cccc(-c6ccccc6S)c5)c3)C(C)(C)c3ccccc3-4)cc21. The molecule has 0 radical (unpaired) electrons. The van der Waals surface area contributed by atoms with Crippen LogP contribution < -0.4 is 5.32 Å². The first-order chi connectivity index (χ1) is 27.2. The van der Waals surface area contributed by atoms with Gasteiger partial charge in [-0.2, -0.15) is 0 Å². The molecule has 0 saturated heterocycles. The van der Waals surface area contributed by atoms with Gasteiger partial charge in [0.2, 0.25) is 0 Å². The van der Waals surface area contributed by atoms with Crippen molar-refractivity contribution in [2.45, 2.75) is 43.4 Å². The van der Waals surface area contributed by atoms with Gasteiger partial charge in [0.1, 0.15) is 0 Å². The Hall–Kier alpha value is -6.09. The Balaban J connectivity index is 1.17. The van der Waals surface area contributed by atoms with E-state index in [1.54, 1.807) is 0 Å². The van der Waals surface area contributed by atoms with Gasteiger partial charge in [0.05, 0.1) is 5.69 Å². The highest BCUT2D eigenvalue weighted by Gasteiger charge is 2.39. The maximum absolute atomic E-state index is 4.81. The number of anilines is 2. The van der Waals surface area contributed by atoms with Gasteiger partial charge in [-0.25, -0.2) is 0 Å². The average molecular weight is 738 g/mol. The first-order valence-corrected chi connectivity index (χ1v) is 20.0. The van der Waals surface area contributed by atoms with Crippen LogP contribution in [0.1, 0.15) is 49.9 Å². The Morgan fingerprint density at radius 1 is 0.357 bits per heavy atom. The highest BCUT2D eigenvalue weighted by molar-refractivity contribution is 7.80. The minimum absolute atomic E-state index is 0.0945. The maximum atomic E-state index is 4.81. The summed E-state index contributed by atoms with van der Waals surface area (Å²) in [7, 11) is 0. The summed E-state index contributed by atoms with van der Waals surface area (Å²) in [6.45, 7) is 9.49. The minimum Gasteiger partial charge on any atom is -0.355 e. The van der Waals surface area contributed by atoms with Crippen LogP contribution in [-0.4, -0.2) is 0 Å². The van der Waals surface area contributed by atoms with Crippen LogP contribution in [0.4, 0.5) is 11.4 Å². The molecular formula is C54H43NS. The van der Waals surface area contributed by atoms with Crippen LogP contribution in [0.5, 0.6) is 0 Å². The molecule has 0 aromatic heterocycles. The molecule has 1 N–H and O–H groups in total. The van der Waals surface area contributed by atoms with Crippen LogP contribution in [0, 0.1) is 0 Å². The molecule has 2 aliphatic rings. The summed E-state index contributed by atoms with van der Waals surface area (Å²) in [4.78, 5) is 0.970. The van der Waals surface area contributed by atoms with Gasteiger partial charge in [0.25, 0.3) is 0 Å². The first kappa shape index (κ1) is 34.4. The lowest BCUT2D eigenvalue weighted by Crippen LogP contribution is -2.17. The highest BCUT2D eigenvalue weighted by Crippen LogP contribution is 2.56. The van der Waals surface area contributed by atoms with E-state index >= 15 is 0 Å². The van der Waals surface area contributed by atoms with E-state index < -0.39 is 0 Å². The van der Waals surface area contributed by atoms with E-state index in [4.69, 9.17) is 12.6 Å². The van der Waals surface area contributed by atoms with Gasteiger partial charge in [-0.1, -0.05) is 167 Å². The van der Waals surface area contributed by atoms with Crippen molar-refractivity contribution in [2.75, 3.05) is 5.32 Å². The number of thiol groups is 1. The van der Waals surface area contributed by atoms with Crippen LogP contribution in [-0.2, 0) is 10.8 Å². The fourth-order valence-electron chi connectivity index (χ4n) is 9.51. The molecule has 0 aliphatic heterocycles. The van der Waals surface area contributed by atoms with Gasteiger partial charge >= 0.3 is 0 Å².